The van der Waals surface area contributed by atoms with E-state index >= 15 is 0 Å². The Kier molecular flexibility index (Phi) is 6.78. The van der Waals surface area contributed by atoms with Gasteiger partial charge in [-0.15, -0.1) is 0 Å². The van der Waals surface area contributed by atoms with Gasteiger partial charge in [0.1, 0.15) is 5.75 Å². The van der Waals surface area contributed by atoms with Gasteiger partial charge in [0.2, 0.25) is 5.91 Å². The summed E-state index contributed by atoms with van der Waals surface area (Å²) in [7, 11) is 0. The van der Waals surface area contributed by atoms with Crippen LogP contribution in [0.4, 0.5) is 11.4 Å². The zero-order chi connectivity index (χ0) is 19.1. The summed E-state index contributed by atoms with van der Waals surface area (Å²) in [6, 6.07) is 13.2. The number of carbonyl (C=O) groups excluding carboxylic acids is 2. The maximum absolute atomic E-state index is 12.3. The topological polar surface area (TPSA) is 67.4 Å². The second-order valence-electron chi connectivity index (χ2n) is 6.34. The molecule has 0 aliphatic rings. The van der Waals surface area contributed by atoms with E-state index in [1.165, 1.54) is 6.92 Å². The summed E-state index contributed by atoms with van der Waals surface area (Å²) in [5.74, 6) is 0.708. The van der Waals surface area contributed by atoms with E-state index in [1.807, 2.05) is 31.2 Å². The molecule has 0 spiro atoms. The Bertz CT molecular complexity index is 787. The Morgan fingerprint density at radius 2 is 1.69 bits per heavy atom. The predicted molar refractivity (Wildman–Crippen MR) is 105 cm³/mol. The van der Waals surface area contributed by atoms with Crippen molar-refractivity contribution in [1.82, 2.24) is 0 Å². The highest BCUT2D eigenvalue weighted by Gasteiger charge is 2.12. The van der Waals surface area contributed by atoms with Gasteiger partial charge in [0, 0.05) is 18.3 Å². The molecular formula is C21H26N2O3. The van der Waals surface area contributed by atoms with Gasteiger partial charge in [-0.2, -0.15) is 0 Å². The Morgan fingerprint density at radius 3 is 2.35 bits per heavy atom. The normalized spacial score (nSPS) is 11.5. The van der Waals surface area contributed by atoms with E-state index in [0.29, 0.717) is 17.3 Å². The van der Waals surface area contributed by atoms with E-state index in [2.05, 4.69) is 24.5 Å². The number of benzene rings is 2. The largest absolute Gasteiger partial charge is 0.483 e. The third-order valence-corrected chi connectivity index (χ3v) is 4.34. The molecule has 0 aliphatic heterocycles. The molecule has 1 atom stereocenters. The minimum absolute atomic E-state index is 0.0722. The maximum atomic E-state index is 12.3. The quantitative estimate of drug-likeness (QED) is 0.770. The highest BCUT2D eigenvalue weighted by molar-refractivity contribution is 5.95. The molecule has 0 saturated heterocycles. The number of para-hydroxylation sites is 1. The van der Waals surface area contributed by atoms with E-state index < -0.39 is 0 Å². The van der Waals surface area contributed by atoms with Crippen LogP contribution in [0, 0.1) is 6.92 Å². The molecule has 5 nitrogen and oxygen atoms in total. The van der Waals surface area contributed by atoms with Crippen LogP contribution in [-0.4, -0.2) is 18.4 Å². The van der Waals surface area contributed by atoms with Gasteiger partial charge in [0.05, 0.1) is 0 Å². The SMILES string of the molecule is CCC(C)c1ccccc1OCC(=O)Nc1cccc(NC(C)=O)c1C. The molecular weight excluding hydrogens is 328 g/mol. The van der Waals surface area contributed by atoms with Gasteiger partial charge in [-0.1, -0.05) is 38.1 Å². The van der Waals surface area contributed by atoms with Gasteiger partial charge < -0.3 is 15.4 Å². The minimum atomic E-state index is -0.243. The predicted octanol–water partition coefficient (Wildman–Crippen LogP) is 4.48. The zero-order valence-corrected chi connectivity index (χ0v) is 15.8. The molecule has 2 aromatic rings. The molecule has 0 saturated carbocycles. The molecule has 0 heterocycles. The Hall–Kier alpha value is -2.82. The maximum Gasteiger partial charge on any atom is 0.262 e. The summed E-state index contributed by atoms with van der Waals surface area (Å²) in [4.78, 5) is 23.6. The van der Waals surface area contributed by atoms with Gasteiger partial charge in [0.15, 0.2) is 6.61 Å². The number of hydrogen-bond acceptors (Lipinski definition) is 3. The lowest BCUT2D eigenvalue weighted by Crippen LogP contribution is -2.21. The smallest absolute Gasteiger partial charge is 0.262 e. The molecule has 2 amide bonds. The van der Waals surface area contributed by atoms with E-state index in [-0.39, 0.29) is 18.4 Å². The van der Waals surface area contributed by atoms with Crippen LogP contribution < -0.4 is 15.4 Å². The highest BCUT2D eigenvalue weighted by atomic mass is 16.5. The molecule has 0 bridgehead atoms. The fraction of sp³-hybridized carbons (Fsp3) is 0.333. The van der Waals surface area contributed by atoms with Crippen molar-refractivity contribution in [2.45, 2.75) is 40.0 Å². The number of rotatable bonds is 7. The Morgan fingerprint density at radius 1 is 1.04 bits per heavy atom. The van der Waals surface area contributed by atoms with Crippen LogP contribution in [-0.2, 0) is 9.59 Å². The van der Waals surface area contributed by atoms with Crippen molar-refractivity contribution in [2.75, 3.05) is 17.2 Å². The number of carbonyl (C=O) groups is 2. The number of hydrogen-bond donors (Lipinski definition) is 2. The van der Waals surface area contributed by atoms with Gasteiger partial charge in [-0.05, 0) is 48.6 Å². The summed E-state index contributed by atoms with van der Waals surface area (Å²) in [5.41, 5.74) is 3.24. The Labute approximate surface area is 154 Å². The molecule has 0 aliphatic carbocycles. The molecule has 5 heteroatoms. The molecule has 0 aromatic heterocycles. The summed E-state index contributed by atoms with van der Waals surface area (Å²) < 4.78 is 5.75. The first-order valence-corrected chi connectivity index (χ1v) is 8.81. The summed E-state index contributed by atoms with van der Waals surface area (Å²) in [5, 5.41) is 5.59. The van der Waals surface area contributed by atoms with Crippen molar-refractivity contribution in [1.29, 1.82) is 0 Å². The van der Waals surface area contributed by atoms with E-state index in [4.69, 9.17) is 4.74 Å². The van der Waals surface area contributed by atoms with Crippen molar-refractivity contribution in [2.24, 2.45) is 0 Å². The van der Waals surface area contributed by atoms with Crippen molar-refractivity contribution in [3.8, 4) is 5.75 Å². The second kappa shape index (κ2) is 9.04. The lowest BCUT2D eigenvalue weighted by Gasteiger charge is -2.16. The standard InChI is InChI=1S/C21H26N2O3/c1-5-14(2)17-9-6-7-12-20(17)26-13-21(25)23-19-11-8-10-18(15(19)3)22-16(4)24/h6-12,14H,5,13H2,1-4H3,(H,22,24)(H,23,25). The van der Waals surface area contributed by atoms with Crippen molar-refractivity contribution < 1.29 is 14.3 Å². The first-order chi connectivity index (χ1) is 12.4. The number of nitrogens with one attached hydrogen (secondary N) is 2. The average molecular weight is 354 g/mol. The first-order valence-electron chi connectivity index (χ1n) is 8.81. The third-order valence-electron chi connectivity index (χ3n) is 4.34. The monoisotopic (exact) mass is 354 g/mol. The molecule has 0 radical (unpaired) electrons. The third kappa shape index (κ3) is 5.09. The van der Waals surface area contributed by atoms with Gasteiger partial charge in [-0.25, -0.2) is 0 Å². The number of amides is 2. The lowest BCUT2D eigenvalue weighted by atomic mass is 9.98. The van der Waals surface area contributed by atoms with Gasteiger partial charge in [0.25, 0.3) is 5.91 Å². The number of anilines is 2. The zero-order valence-electron chi connectivity index (χ0n) is 15.8. The van der Waals surface area contributed by atoms with Crippen LogP contribution >= 0.6 is 0 Å². The fourth-order valence-corrected chi connectivity index (χ4v) is 2.66. The van der Waals surface area contributed by atoms with Crippen LogP contribution in [0.1, 0.15) is 44.2 Å². The first kappa shape index (κ1) is 19.5. The minimum Gasteiger partial charge on any atom is -0.483 e. The average Bonchev–Trinajstić information content (AvgIpc) is 2.62. The second-order valence-corrected chi connectivity index (χ2v) is 6.34. The molecule has 138 valence electrons. The van der Waals surface area contributed by atoms with Crippen LogP contribution in [0.25, 0.3) is 0 Å². The van der Waals surface area contributed by atoms with E-state index in [0.717, 1.165) is 23.3 Å². The van der Waals surface area contributed by atoms with Crippen LogP contribution in [0.15, 0.2) is 42.5 Å². The Balaban J connectivity index is 2.03. The number of ether oxygens (including phenoxy) is 1. The van der Waals surface area contributed by atoms with Crippen molar-refractivity contribution in [3.63, 3.8) is 0 Å². The molecule has 26 heavy (non-hydrogen) atoms. The van der Waals surface area contributed by atoms with E-state index in [9.17, 15) is 9.59 Å². The van der Waals surface area contributed by atoms with Gasteiger partial charge in [-0.3, -0.25) is 9.59 Å². The van der Waals surface area contributed by atoms with Gasteiger partial charge >= 0.3 is 0 Å². The van der Waals surface area contributed by atoms with E-state index in [1.54, 1.807) is 18.2 Å². The molecule has 2 rings (SSSR count). The molecule has 1 unspecified atom stereocenters. The van der Waals surface area contributed by atoms with Crippen LogP contribution in [0.5, 0.6) is 5.75 Å². The van der Waals surface area contributed by atoms with Crippen molar-refractivity contribution in [3.05, 3.63) is 53.6 Å². The van der Waals surface area contributed by atoms with Crippen LogP contribution in [0.2, 0.25) is 0 Å². The summed E-state index contributed by atoms with van der Waals surface area (Å²) >= 11 is 0. The lowest BCUT2D eigenvalue weighted by molar-refractivity contribution is -0.118. The van der Waals surface area contributed by atoms with Crippen LogP contribution in [0.3, 0.4) is 0 Å². The fourth-order valence-electron chi connectivity index (χ4n) is 2.66. The molecule has 2 aromatic carbocycles. The van der Waals surface area contributed by atoms with Crippen molar-refractivity contribution >= 4 is 23.2 Å². The molecule has 0 fully saturated rings. The molecule has 2 N–H and O–H groups in total. The summed E-state index contributed by atoms with van der Waals surface area (Å²) in [6.45, 7) is 7.49. The highest BCUT2D eigenvalue weighted by Crippen LogP contribution is 2.28. The summed E-state index contributed by atoms with van der Waals surface area (Å²) in [6.07, 6.45) is 1.00.